The Morgan fingerprint density at radius 1 is 0.800 bits per heavy atom. The molecule has 1 aliphatic heterocycles. The molecule has 0 bridgehead atoms. The molecule has 1 heterocycles. The van der Waals surface area contributed by atoms with E-state index in [1.165, 1.54) is 48.9 Å². The molecule has 1 amide bonds. The van der Waals surface area contributed by atoms with Crippen LogP contribution < -0.4 is 28.6 Å². The molecular weight excluding hydrogens is 622 g/mol. The molecule has 12 nitrogen and oxygen atoms in total. The predicted octanol–water partition coefficient (Wildman–Crippen LogP) is 3.67. The van der Waals surface area contributed by atoms with Crippen LogP contribution in [0, 0.1) is 0 Å². The average Bonchev–Trinajstić information content (AvgIpc) is 3.06. The SMILES string of the molecule is CCOc1ccc(N(CC(=O)NCCOc2ccc(S(=O)(=O)N3CCCCC3)cc2)S(=O)(=O)c2ccc(OC)c(OC)c2)cc1. The maximum Gasteiger partial charge on any atom is 0.264 e. The summed E-state index contributed by atoms with van der Waals surface area (Å²) in [4.78, 5) is 13.1. The molecule has 3 aromatic carbocycles. The van der Waals surface area contributed by atoms with Gasteiger partial charge in [-0.15, -0.1) is 0 Å². The van der Waals surface area contributed by atoms with Gasteiger partial charge in [0.2, 0.25) is 15.9 Å². The molecule has 0 radical (unpaired) electrons. The topological polar surface area (TPSA) is 141 Å². The van der Waals surface area contributed by atoms with Crippen molar-refractivity contribution in [1.82, 2.24) is 9.62 Å². The number of carbonyl (C=O) groups excluding carboxylic acids is 1. The van der Waals surface area contributed by atoms with Gasteiger partial charge in [-0.05, 0) is 80.4 Å². The molecule has 1 N–H and O–H groups in total. The molecule has 0 unspecified atom stereocenters. The van der Waals surface area contributed by atoms with E-state index in [-0.39, 0.29) is 34.4 Å². The number of carbonyl (C=O) groups is 1. The molecule has 3 aromatic rings. The number of benzene rings is 3. The number of anilines is 1. The van der Waals surface area contributed by atoms with Gasteiger partial charge in [-0.1, -0.05) is 6.42 Å². The smallest absolute Gasteiger partial charge is 0.264 e. The fourth-order valence-electron chi connectivity index (χ4n) is 4.80. The van der Waals surface area contributed by atoms with Crippen molar-refractivity contribution in [3.63, 3.8) is 0 Å². The lowest BCUT2D eigenvalue weighted by Gasteiger charge is -2.25. The molecular formula is C31H39N3O9S2. The number of hydrogen-bond donors (Lipinski definition) is 1. The van der Waals surface area contributed by atoms with Gasteiger partial charge in [0.15, 0.2) is 11.5 Å². The first-order valence-corrected chi connectivity index (χ1v) is 17.5. The van der Waals surface area contributed by atoms with E-state index in [0.29, 0.717) is 36.9 Å². The summed E-state index contributed by atoms with van der Waals surface area (Å²) in [5.74, 6) is 1.03. The van der Waals surface area contributed by atoms with Gasteiger partial charge in [0.25, 0.3) is 10.0 Å². The summed E-state index contributed by atoms with van der Waals surface area (Å²) in [6, 6.07) is 16.7. The molecule has 1 saturated heterocycles. The van der Waals surface area contributed by atoms with E-state index in [2.05, 4.69) is 5.32 Å². The molecule has 45 heavy (non-hydrogen) atoms. The molecule has 0 spiro atoms. The lowest BCUT2D eigenvalue weighted by Crippen LogP contribution is -2.41. The molecule has 1 aliphatic rings. The van der Waals surface area contributed by atoms with Crippen molar-refractivity contribution in [2.24, 2.45) is 0 Å². The van der Waals surface area contributed by atoms with Gasteiger partial charge in [0.05, 0.1) is 42.8 Å². The van der Waals surface area contributed by atoms with Gasteiger partial charge in [-0.2, -0.15) is 4.31 Å². The molecule has 244 valence electrons. The number of rotatable bonds is 15. The minimum Gasteiger partial charge on any atom is -0.494 e. The van der Waals surface area contributed by atoms with Crippen LogP contribution in [0.15, 0.2) is 76.5 Å². The van der Waals surface area contributed by atoms with Crippen LogP contribution >= 0.6 is 0 Å². The van der Waals surface area contributed by atoms with E-state index in [1.54, 1.807) is 36.4 Å². The second kappa shape index (κ2) is 15.3. The molecule has 0 aliphatic carbocycles. The zero-order valence-electron chi connectivity index (χ0n) is 25.6. The summed E-state index contributed by atoms with van der Waals surface area (Å²) < 4.78 is 77.5. The third-order valence-corrected chi connectivity index (χ3v) is 10.8. The fourth-order valence-corrected chi connectivity index (χ4v) is 7.76. The normalized spacial score (nSPS) is 13.9. The monoisotopic (exact) mass is 661 g/mol. The Kier molecular flexibility index (Phi) is 11.5. The molecule has 1 fully saturated rings. The van der Waals surface area contributed by atoms with Crippen molar-refractivity contribution in [2.75, 3.05) is 57.9 Å². The maximum atomic E-state index is 13.8. The van der Waals surface area contributed by atoms with Crippen molar-refractivity contribution in [3.05, 3.63) is 66.7 Å². The number of methoxy groups -OCH3 is 2. The number of piperidine rings is 1. The van der Waals surface area contributed by atoms with Gasteiger partial charge in [-0.3, -0.25) is 9.10 Å². The minimum atomic E-state index is -4.22. The van der Waals surface area contributed by atoms with E-state index in [0.717, 1.165) is 23.6 Å². The van der Waals surface area contributed by atoms with Crippen molar-refractivity contribution in [1.29, 1.82) is 0 Å². The van der Waals surface area contributed by atoms with Gasteiger partial charge in [0.1, 0.15) is 24.7 Å². The zero-order chi connectivity index (χ0) is 32.5. The first-order chi connectivity index (χ1) is 21.6. The van der Waals surface area contributed by atoms with Gasteiger partial charge in [0, 0.05) is 19.2 Å². The van der Waals surface area contributed by atoms with Gasteiger partial charge < -0.3 is 24.3 Å². The first kappa shape index (κ1) is 33.9. The van der Waals surface area contributed by atoms with E-state index in [1.807, 2.05) is 6.92 Å². The Morgan fingerprint density at radius 2 is 1.40 bits per heavy atom. The Balaban J connectivity index is 1.41. The van der Waals surface area contributed by atoms with Crippen LogP contribution in [0.5, 0.6) is 23.0 Å². The number of amides is 1. The zero-order valence-corrected chi connectivity index (χ0v) is 27.2. The maximum absolute atomic E-state index is 13.8. The van der Waals surface area contributed by atoms with E-state index < -0.39 is 32.5 Å². The molecule has 0 saturated carbocycles. The standard InChI is InChI=1S/C31H39N3O9S2/c1-4-42-25-10-8-24(9-11-25)34(45(38,39)28-16-17-29(40-2)30(22-28)41-3)23-31(35)32-18-21-43-26-12-14-27(15-13-26)44(36,37)33-19-6-5-7-20-33/h8-17,22H,4-7,18-21,23H2,1-3H3,(H,32,35). The lowest BCUT2D eigenvalue weighted by atomic mass is 10.2. The second-order valence-corrected chi connectivity index (χ2v) is 13.9. The van der Waals surface area contributed by atoms with E-state index in [9.17, 15) is 21.6 Å². The summed E-state index contributed by atoms with van der Waals surface area (Å²) in [5, 5.41) is 2.69. The number of ether oxygens (including phenoxy) is 4. The third kappa shape index (κ3) is 8.38. The number of nitrogens with zero attached hydrogens (tertiary/aromatic N) is 2. The number of hydrogen-bond acceptors (Lipinski definition) is 9. The van der Waals surface area contributed by atoms with Crippen LogP contribution in [0.25, 0.3) is 0 Å². The second-order valence-electron chi connectivity index (χ2n) is 10.1. The van der Waals surface area contributed by atoms with Gasteiger partial charge in [-0.25, -0.2) is 16.8 Å². The van der Waals surface area contributed by atoms with Crippen molar-refractivity contribution in [2.45, 2.75) is 36.0 Å². The van der Waals surface area contributed by atoms with Crippen molar-refractivity contribution >= 4 is 31.6 Å². The highest BCUT2D eigenvalue weighted by Crippen LogP contribution is 2.32. The summed E-state index contributed by atoms with van der Waals surface area (Å²) in [7, 11) is -4.92. The van der Waals surface area contributed by atoms with Crippen molar-refractivity contribution < 1.29 is 40.6 Å². The van der Waals surface area contributed by atoms with Crippen LogP contribution in [-0.4, -0.2) is 80.7 Å². The van der Waals surface area contributed by atoms with E-state index >= 15 is 0 Å². The van der Waals surface area contributed by atoms with Crippen molar-refractivity contribution in [3.8, 4) is 23.0 Å². The molecule has 4 rings (SSSR count). The fraction of sp³-hybridized carbons (Fsp3) is 0.387. The Bertz CT molecular complexity index is 1640. The Morgan fingerprint density at radius 3 is 2.02 bits per heavy atom. The van der Waals surface area contributed by atoms with Crippen LogP contribution in [-0.2, 0) is 24.8 Å². The minimum absolute atomic E-state index is 0.0788. The van der Waals surface area contributed by atoms with Crippen LogP contribution in [0.3, 0.4) is 0 Å². The van der Waals surface area contributed by atoms with Crippen LogP contribution in [0.1, 0.15) is 26.2 Å². The summed E-state index contributed by atoms with van der Waals surface area (Å²) in [5.41, 5.74) is 0.263. The van der Waals surface area contributed by atoms with Gasteiger partial charge >= 0.3 is 0 Å². The Hall–Kier alpha value is -4.01. The van der Waals surface area contributed by atoms with E-state index in [4.69, 9.17) is 18.9 Å². The summed E-state index contributed by atoms with van der Waals surface area (Å²) >= 11 is 0. The van der Waals surface area contributed by atoms with Crippen LogP contribution in [0.4, 0.5) is 5.69 Å². The summed E-state index contributed by atoms with van der Waals surface area (Å²) in [6.07, 6.45) is 2.74. The predicted molar refractivity (Wildman–Crippen MR) is 169 cm³/mol. The average molecular weight is 662 g/mol. The summed E-state index contributed by atoms with van der Waals surface area (Å²) in [6.45, 7) is 2.98. The number of nitrogens with one attached hydrogen (secondary N) is 1. The highest BCUT2D eigenvalue weighted by Gasteiger charge is 2.29. The number of sulfonamides is 2. The highest BCUT2D eigenvalue weighted by molar-refractivity contribution is 7.92. The third-order valence-electron chi connectivity index (χ3n) is 7.14. The van der Waals surface area contributed by atoms with Crippen LogP contribution in [0.2, 0.25) is 0 Å². The quantitative estimate of drug-likeness (QED) is 0.242. The molecule has 0 atom stereocenters. The first-order valence-electron chi connectivity index (χ1n) is 14.6. The lowest BCUT2D eigenvalue weighted by molar-refractivity contribution is -0.119. The largest absolute Gasteiger partial charge is 0.494 e. The molecule has 0 aromatic heterocycles. The Labute approximate surface area is 264 Å². The highest BCUT2D eigenvalue weighted by atomic mass is 32.2. The molecule has 14 heteroatoms.